The quantitative estimate of drug-likeness (QED) is 0.547. The number of hydrogen-bond donors (Lipinski definition) is 0. The fraction of sp³-hybridized carbons (Fsp3) is 0.556. The second kappa shape index (κ2) is 4.98. The van der Waals surface area contributed by atoms with Crippen LogP contribution < -0.4 is 0 Å². The van der Waals surface area contributed by atoms with Crippen molar-refractivity contribution < 1.29 is 4.79 Å². The fourth-order valence-electron chi connectivity index (χ4n) is 3.75. The maximum absolute atomic E-state index is 12.3. The van der Waals surface area contributed by atoms with Gasteiger partial charge >= 0.3 is 0 Å². The van der Waals surface area contributed by atoms with E-state index < -0.39 is 4.32 Å². The molecule has 3 aliphatic carbocycles. The van der Waals surface area contributed by atoms with E-state index in [-0.39, 0.29) is 5.78 Å². The van der Waals surface area contributed by atoms with Gasteiger partial charge in [0.05, 0.1) is 4.32 Å². The van der Waals surface area contributed by atoms with Crippen molar-refractivity contribution >= 4 is 21.7 Å². The molecule has 0 unspecified atom stereocenters. The molecule has 0 saturated heterocycles. The highest BCUT2D eigenvalue weighted by molar-refractivity contribution is 9.10. The van der Waals surface area contributed by atoms with Crippen LogP contribution in [0.3, 0.4) is 0 Å². The summed E-state index contributed by atoms with van der Waals surface area (Å²) in [6.07, 6.45) is 7.86. The van der Waals surface area contributed by atoms with E-state index >= 15 is 0 Å². The largest absolute Gasteiger partial charge is 0.293 e. The lowest BCUT2D eigenvalue weighted by atomic mass is 9.58. The zero-order chi connectivity index (χ0) is 14.4. The Morgan fingerprint density at radius 2 is 1.55 bits per heavy atom. The van der Waals surface area contributed by atoms with Crippen molar-refractivity contribution in [2.45, 2.75) is 62.1 Å². The minimum absolute atomic E-state index is 0.157. The third kappa shape index (κ3) is 2.47. The minimum atomic E-state index is -0.480. The molecule has 1 nitrogen and oxygen atoms in total. The summed E-state index contributed by atoms with van der Waals surface area (Å²) >= 11 is 3.45. The Morgan fingerprint density at radius 3 is 2.00 bits per heavy atom. The number of carbonyl (C=O) groups excluding carboxylic acids is 1. The van der Waals surface area contributed by atoms with Gasteiger partial charge < -0.3 is 0 Å². The molecular weight excluding hydrogens is 312 g/mol. The molecule has 1 aromatic carbocycles. The van der Waals surface area contributed by atoms with Gasteiger partial charge in [0.15, 0.2) is 5.78 Å². The number of fused-ring (bicyclic) bond motifs is 3. The van der Waals surface area contributed by atoms with Gasteiger partial charge in [-0.15, -0.1) is 0 Å². The smallest absolute Gasteiger partial charge is 0.178 e. The molecule has 0 aliphatic heterocycles. The van der Waals surface area contributed by atoms with Crippen molar-refractivity contribution in [1.29, 1.82) is 0 Å². The van der Waals surface area contributed by atoms with Crippen LogP contribution in [0, 0.1) is 5.92 Å². The van der Waals surface area contributed by atoms with E-state index in [1.807, 2.05) is 26.0 Å². The van der Waals surface area contributed by atoms with Crippen molar-refractivity contribution in [1.82, 2.24) is 0 Å². The van der Waals surface area contributed by atoms with Crippen LogP contribution in [0.5, 0.6) is 0 Å². The molecule has 2 heteroatoms. The molecule has 0 N–H and O–H groups in total. The monoisotopic (exact) mass is 333 g/mol. The first-order valence-corrected chi connectivity index (χ1v) is 8.38. The molecule has 3 aliphatic rings. The van der Waals surface area contributed by atoms with Gasteiger partial charge in [-0.25, -0.2) is 0 Å². The minimum Gasteiger partial charge on any atom is -0.293 e. The van der Waals surface area contributed by atoms with Crippen molar-refractivity contribution in [2.75, 3.05) is 0 Å². The van der Waals surface area contributed by atoms with Crippen LogP contribution in [0.4, 0.5) is 0 Å². The van der Waals surface area contributed by atoms with E-state index in [1.165, 1.54) is 44.1 Å². The van der Waals surface area contributed by atoms with Gasteiger partial charge in [-0.1, -0.05) is 40.2 Å². The van der Waals surface area contributed by atoms with Crippen molar-refractivity contribution in [3.05, 3.63) is 41.3 Å². The first-order chi connectivity index (χ1) is 9.41. The summed E-state index contributed by atoms with van der Waals surface area (Å²) in [5, 5.41) is 0. The number of halogens is 1. The predicted molar refractivity (Wildman–Crippen MR) is 86.4 cm³/mol. The fourth-order valence-corrected chi connectivity index (χ4v) is 3.98. The van der Waals surface area contributed by atoms with Gasteiger partial charge in [-0.05, 0) is 69.3 Å². The SMILES string of the molecule is CC(C)(Br)C(=O)c1ccc(C23CC[C](CC2)CC3)cc1. The van der Waals surface area contributed by atoms with Crippen LogP contribution in [0.2, 0.25) is 0 Å². The van der Waals surface area contributed by atoms with Crippen LogP contribution in [-0.4, -0.2) is 10.1 Å². The van der Waals surface area contributed by atoms with Gasteiger partial charge in [-0.3, -0.25) is 4.79 Å². The lowest BCUT2D eigenvalue weighted by Gasteiger charge is -2.46. The van der Waals surface area contributed by atoms with Crippen LogP contribution in [0.15, 0.2) is 24.3 Å². The van der Waals surface area contributed by atoms with E-state index in [4.69, 9.17) is 0 Å². The third-order valence-corrected chi connectivity index (χ3v) is 5.53. The second-order valence-electron chi connectivity index (χ2n) is 6.91. The van der Waals surface area contributed by atoms with Gasteiger partial charge in [0.1, 0.15) is 0 Å². The Labute approximate surface area is 130 Å². The molecule has 2 bridgehead atoms. The van der Waals surface area contributed by atoms with Crippen molar-refractivity contribution in [3.8, 4) is 0 Å². The molecule has 20 heavy (non-hydrogen) atoms. The Bertz CT molecular complexity index is 487. The summed E-state index contributed by atoms with van der Waals surface area (Å²) in [6, 6.07) is 8.43. The highest BCUT2D eigenvalue weighted by Gasteiger charge is 2.41. The normalized spacial score (nSPS) is 21.9. The topological polar surface area (TPSA) is 17.1 Å². The molecule has 0 atom stereocenters. The van der Waals surface area contributed by atoms with Gasteiger partial charge in [0.2, 0.25) is 0 Å². The number of ketones is 1. The molecule has 3 saturated carbocycles. The van der Waals surface area contributed by atoms with Crippen LogP contribution in [0.25, 0.3) is 0 Å². The van der Waals surface area contributed by atoms with Gasteiger partial charge in [0, 0.05) is 5.56 Å². The molecule has 1 radical (unpaired) electrons. The number of benzene rings is 1. The van der Waals surface area contributed by atoms with Gasteiger partial charge in [-0.2, -0.15) is 0 Å². The van der Waals surface area contributed by atoms with Gasteiger partial charge in [0.25, 0.3) is 0 Å². The van der Waals surface area contributed by atoms with E-state index in [1.54, 1.807) is 5.92 Å². The summed E-state index contributed by atoms with van der Waals surface area (Å²) < 4.78 is -0.480. The number of rotatable bonds is 3. The van der Waals surface area contributed by atoms with Crippen LogP contribution in [0.1, 0.15) is 68.3 Å². The molecule has 107 valence electrons. The Morgan fingerprint density at radius 1 is 1.05 bits per heavy atom. The summed E-state index contributed by atoms with van der Waals surface area (Å²) in [4.78, 5) is 12.3. The molecule has 0 spiro atoms. The Kier molecular flexibility index (Phi) is 3.56. The molecule has 1 aromatic rings. The molecule has 3 fully saturated rings. The number of alkyl halides is 1. The first-order valence-electron chi connectivity index (χ1n) is 7.59. The van der Waals surface area contributed by atoms with E-state index in [0.29, 0.717) is 5.41 Å². The Hall–Kier alpha value is -0.630. The maximum Gasteiger partial charge on any atom is 0.178 e. The summed E-state index contributed by atoms with van der Waals surface area (Å²) in [5.74, 6) is 1.93. The highest BCUT2D eigenvalue weighted by Crippen LogP contribution is 2.52. The van der Waals surface area contributed by atoms with Crippen LogP contribution in [-0.2, 0) is 5.41 Å². The Balaban J connectivity index is 1.85. The molecular formula is C18H22BrO. The number of carbonyl (C=O) groups is 1. The second-order valence-corrected chi connectivity index (χ2v) is 8.89. The molecule has 4 rings (SSSR count). The number of Topliss-reactive ketones (excluding diaryl/α,β-unsaturated/α-hetero) is 1. The van der Waals surface area contributed by atoms with Crippen molar-refractivity contribution in [3.63, 3.8) is 0 Å². The van der Waals surface area contributed by atoms with Crippen molar-refractivity contribution in [2.24, 2.45) is 0 Å². The molecule has 0 amide bonds. The van der Waals surface area contributed by atoms with Crippen LogP contribution >= 0.6 is 15.9 Å². The zero-order valence-electron chi connectivity index (χ0n) is 12.3. The lowest BCUT2D eigenvalue weighted by molar-refractivity contribution is 0.0961. The first kappa shape index (κ1) is 14.3. The molecule has 0 aromatic heterocycles. The standard InChI is InChI=1S/C18H22BrO/c1-17(2,19)16(20)14-3-5-15(6-4-14)18-10-7-13(8-11-18)9-12-18/h3-6H,7-12H2,1-2H3. The lowest BCUT2D eigenvalue weighted by Crippen LogP contribution is -2.36. The third-order valence-electron chi connectivity index (χ3n) is 5.17. The average molecular weight is 334 g/mol. The summed E-state index contributed by atoms with van der Waals surface area (Å²) in [6.45, 7) is 3.81. The maximum atomic E-state index is 12.3. The van der Waals surface area contributed by atoms with E-state index in [0.717, 1.165) is 5.56 Å². The summed E-state index contributed by atoms with van der Waals surface area (Å²) in [7, 11) is 0. The average Bonchev–Trinajstić information content (AvgIpc) is 2.48. The number of hydrogen-bond acceptors (Lipinski definition) is 1. The predicted octanol–water partition coefficient (Wildman–Crippen LogP) is 5.22. The summed E-state index contributed by atoms with van der Waals surface area (Å²) in [5.41, 5.74) is 2.65. The van der Waals surface area contributed by atoms with E-state index in [2.05, 4.69) is 28.1 Å². The zero-order valence-corrected chi connectivity index (χ0v) is 13.9. The highest BCUT2D eigenvalue weighted by atomic mass is 79.9. The molecule has 0 heterocycles. The van der Waals surface area contributed by atoms with E-state index in [9.17, 15) is 4.79 Å².